The van der Waals surface area contributed by atoms with Crippen molar-refractivity contribution in [2.45, 2.75) is 30.4 Å². The minimum absolute atomic E-state index is 0.111. The molecule has 0 aliphatic heterocycles. The Morgan fingerprint density at radius 3 is 2.50 bits per heavy atom. The van der Waals surface area contributed by atoms with Crippen LogP contribution in [0, 0.1) is 0 Å². The Morgan fingerprint density at radius 2 is 1.95 bits per heavy atom. The molecule has 0 spiro atoms. The monoisotopic (exact) mass is 301 g/mol. The second kappa shape index (κ2) is 6.21. The topological polar surface area (TPSA) is 29.9 Å². The van der Waals surface area contributed by atoms with E-state index in [4.69, 9.17) is 0 Å². The number of hydrogen-bond donors (Lipinski definition) is 1. The SMILES string of the molecule is CCn1cc(CNc2ccc(SC(F)(F)F)cc2)cn1. The molecule has 1 N–H and O–H groups in total. The zero-order chi connectivity index (χ0) is 14.6. The van der Waals surface area contributed by atoms with E-state index in [9.17, 15) is 13.2 Å². The summed E-state index contributed by atoms with van der Waals surface area (Å²) >= 11 is -0.111. The molecule has 0 aliphatic rings. The number of nitrogens with zero attached hydrogens (tertiary/aromatic N) is 2. The molecule has 0 atom stereocenters. The highest BCUT2D eigenvalue weighted by molar-refractivity contribution is 8.00. The van der Waals surface area contributed by atoms with Crippen LogP contribution in [0.1, 0.15) is 12.5 Å². The van der Waals surface area contributed by atoms with Crippen LogP contribution in [0.5, 0.6) is 0 Å². The highest BCUT2D eigenvalue weighted by Crippen LogP contribution is 2.37. The quantitative estimate of drug-likeness (QED) is 0.842. The van der Waals surface area contributed by atoms with Crippen LogP contribution in [-0.2, 0) is 13.1 Å². The standard InChI is InChI=1S/C13H14F3N3S/c1-2-19-9-10(8-18-19)7-17-11-3-5-12(6-4-11)20-13(14,15)16/h3-6,8-9,17H,2,7H2,1H3. The molecule has 2 rings (SSSR count). The first-order chi connectivity index (χ1) is 9.46. The summed E-state index contributed by atoms with van der Waals surface area (Å²) in [6.07, 6.45) is 3.70. The maximum absolute atomic E-state index is 12.2. The van der Waals surface area contributed by atoms with Crippen molar-refractivity contribution in [2.75, 3.05) is 5.32 Å². The maximum Gasteiger partial charge on any atom is 0.446 e. The van der Waals surface area contributed by atoms with Gasteiger partial charge >= 0.3 is 5.51 Å². The zero-order valence-electron chi connectivity index (χ0n) is 10.8. The lowest BCUT2D eigenvalue weighted by atomic mass is 10.3. The van der Waals surface area contributed by atoms with Gasteiger partial charge in [0, 0.05) is 35.4 Å². The molecular formula is C13H14F3N3S. The number of halogens is 3. The molecule has 0 unspecified atom stereocenters. The molecule has 0 aliphatic carbocycles. The fourth-order valence-electron chi connectivity index (χ4n) is 1.65. The lowest BCUT2D eigenvalue weighted by molar-refractivity contribution is -0.0328. The number of nitrogens with one attached hydrogen (secondary N) is 1. The molecule has 0 fully saturated rings. The van der Waals surface area contributed by atoms with Crippen molar-refractivity contribution in [1.29, 1.82) is 0 Å². The molecule has 1 aromatic carbocycles. The van der Waals surface area contributed by atoms with Gasteiger partial charge in [-0.3, -0.25) is 4.68 Å². The molecule has 1 heterocycles. The number of aromatic nitrogens is 2. The Bertz CT molecular complexity index is 549. The number of hydrogen-bond acceptors (Lipinski definition) is 3. The summed E-state index contributed by atoms with van der Waals surface area (Å²) in [5, 5.41) is 7.29. The van der Waals surface area contributed by atoms with Crippen LogP contribution in [-0.4, -0.2) is 15.3 Å². The summed E-state index contributed by atoms with van der Waals surface area (Å²) in [5.41, 5.74) is -2.44. The molecule has 108 valence electrons. The van der Waals surface area contributed by atoms with Gasteiger partial charge in [0.15, 0.2) is 0 Å². The van der Waals surface area contributed by atoms with Crippen molar-refractivity contribution < 1.29 is 13.2 Å². The van der Waals surface area contributed by atoms with Gasteiger partial charge in [-0.2, -0.15) is 18.3 Å². The molecule has 7 heteroatoms. The number of benzene rings is 1. The molecule has 0 bridgehead atoms. The summed E-state index contributed by atoms with van der Waals surface area (Å²) in [6, 6.07) is 6.18. The van der Waals surface area contributed by atoms with Gasteiger partial charge in [0.2, 0.25) is 0 Å². The number of alkyl halides is 3. The highest BCUT2D eigenvalue weighted by Gasteiger charge is 2.28. The van der Waals surface area contributed by atoms with Gasteiger partial charge < -0.3 is 5.32 Å². The van der Waals surface area contributed by atoms with Crippen molar-refractivity contribution >= 4 is 17.4 Å². The van der Waals surface area contributed by atoms with E-state index in [0.29, 0.717) is 6.54 Å². The van der Waals surface area contributed by atoms with Crippen LogP contribution in [0.25, 0.3) is 0 Å². The van der Waals surface area contributed by atoms with E-state index in [2.05, 4.69) is 10.4 Å². The number of rotatable bonds is 5. The molecule has 0 amide bonds. The Hall–Kier alpha value is -1.63. The zero-order valence-corrected chi connectivity index (χ0v) is 11.6. The molecule has 2 aromatic rings. The molecule has 3 nitrogen and oxygen atoms in total. The highest BCUT2D eigenvalue weighted by atomic mass is 32.2. The van der Waals surface area contributed by atoms with Gasteiger partial charge in [0.25, 0.3) is 0 Å². The second-order valence-electron chi connectivity index (χ2n) is 4.13. The molecule has 0 saturated heterocycles. The fraction of sp³-hybridized carbons (Fsp3) is 0.308. The molecular weight excluding hydrogens is 287 g/mol. The van der Waals surface area contributed by atoms with Crippen LogP contribution >= 0.6 is 11.8 Å². The van der Waals surface area contributed by atoms with Gasteiger partial charge in [-0.25, -0.2) is 0 Å². The van der Waals surface area contributed by atoms with E-state index >= 15 is 0 Å². The molecule has 0 radical (unpaired) electrons. The van der Waals surface area contributed by atoms with Gasteiger partial charge in [-0.15, -0.1) is 0 Å². The van der Waals surface area contributed by atoms with E-state index in [1.165, 1.54) is 12.1 Å². The minimum atomic E-state index is -4.25. The first kappa shape index (κ1) is 14.8. The maximum atomic E-state index is 12.2. The predicted octanol–water partition coefficient (Wildman–Crippen LogP) is 4.13. The van der Waals surface area contributed by atoms with Gasteiger partial charge in [-0.05, 0) is 43.0 Å². The molecule has 1 aromatic heterocycles. The smallest absolute Gasteiger partial charge is 0.381 e. The summed E-state index contributed by atoms with van der Waals surface area (Å²) < 4.78 is 38.4. The number of anilines is 1. The van der Waals surface area contributed by atoms with E-state index in [0.717, 1.165) is 17.8 Å². The van der Waals surface area contributed by atoms with Gasteiger partial charge in [0.1, 0.15) is 0 Å². The van der Waals surface area contributed by atoms with Crippen LogP contribution in [0.4, 0.5) is 18.9 Å². The van der Waals surface area contributed by atoms with Gasteiger partial charge in [-0.1, -0.05) is 0 Å². The Balaban J connectivity index is 1.90. The minimum Gasteiger partial charge on any atom is -0.381 e. The molecule has 0 saturated carbocycles. The van der Waals surface area contributed by atoms with Crippen LogP contribution in [0.2, 0.25) is 0 Å². The van der Waals surface area contributed by atoms with Crippen molar-refractivity contribution in [2.24, 2.45) is 0 Å². The predicted molar refractivity (Wildman–Crippen MR) is 73.6 cm³/mol. The average molecular weight is 301 g/mol. The second-order valence-corrected chi connectivity index (χ2v) is 5.27. The lowest BCUT2D eigenvalue weighted by Crippen LogP contribution is -2.00. The van der Waals surface area contributed by atoms with E-state index in [1.807, 2.05) is 17.8 Å². The van der Waals surface area contributed by atoms with Crippen molar-refractivity contribution in [3.8, 4) is 0 Å². The van der Waals surface area contributed by atoms with E-state index in [1.54, 1.807) is 18.3 Å². The first-order valence-corrected chi connectivity index (χ1v) is 6.89. The lowest BCUT2D eigenvalue weighted by Gasteiger charge is -2.08. The normalized spacial score (nSPS) is 11.6. The van der Waals surface area contributed by atoms with Crippen molar-refractivity contribution in [1.82, 2.24) is 9.78 Å². The number of aryl methyl sites for hydroxylation is 1. The van der Waals surface area contributed by atoms with Crippen LogP contribution in [0.15, 0.2) is 41.6 Å². The van der Waals surface area contributed by atoms with Crippen molar-refractivity contribution in [3.63, 3.8) is 0 Å². The van der Waals surface area contributed by atoms with Gasteiger partial charge in [0.05, 0.1) is 6.20 Å². The van der Waals surface area contributed by atoms with Crippen molar-refractivity contribution in [3.05, 3.63) is 42.2 Å². The fourth-order valence-corrected chi connectivity index (χ4v) is 2.19. The van der Waals surface area contributed by atoms with Crippen LogP contribution < -0.4 is 5.32 Å². The first-order valence-electron chi connectivity index (χ1n) is 6.07. The summed E-state index contributed by atoms with van der Waals surface area (Å²) in [7, 11) is 0. The third-order valence-corrected chi connectivity index (χ3v) is 3.33. The Kier molecular flexibility index (Phi) is 4.59. The third-order valence-electron chi connectivity index (χ3n) is 2.60. The Morgan fingerprint density at radius 1 is 1.25 bits per heavy atom. The largest absolute Gasteiger partial charge is 0.446 e. The van der Waals surface area contributed by atoms with E-state index in [-0.39, 0.29) is 16.7 Å². The van der Waals surface area contributed by atoms with E-state index < -0.39 is 5.51 Å². The average Bonchev–Trinajstić information content (AvgIpc) is 2.84. The summed E-state index contributed by atoms with van der Waals surface area (Å²) in [6.45, 7) is 3.40. The van der Waals surface area contributed by atoms with Crippen LogP contribution in [0.3, 0.4) is 0 Å². The summed E-state index contributed by atoms with van der Waals surface area (Å²) in [5.74, 6) is 0. The summed E-state index contributed by atoms with van der Waals surface area (Å²) in [4.78, 5) is 0.182. The Labute approximate surface area is 119 Å². The third kappa shape index (κ3) is 4.48. The number of thioether (sulfide) groups is 1. The molecule has 20 heavy (non-hydrogen) atoms.